The number of halogens is 3. The van der Waals surface area contributed by atoms with Crippen molar-refractivity contribution in [2.75, 3.05) is 37.6 Å². The van der Waals surface area contributed by atoms with Gasteiger partial charge in [-0.25, -0.2) is 4.39 Å². The lowest BCUT2D eigenvalue weighted by Gasteiger charge is -2.31. The van der Waals surface area contributed by atoms with Crippen LogP contribution in [0.15, 0.2) is 24.3 Å². The van der Waals surface area contributed by atoms with E-state index in [9.17, 15) is 4.39 Å². The molecule has 0 spiro atoms. The molecule has 0 heterocycles. The Labute approximate surface area is 130 Å². The average Bonchev–Trinajstić information content (AvgIpc) is 2.44. The van der Waals surface area contributed by atoms with Crippen molar-refractivity contribution in [2.45, 2.75) is 11.8 Å². The maximum Gasteiger partial charge on any atom is 0.127 e. The average molecular weight is 398 g/mol. The second-order valence-electron chi connectivity index (χ2n) is 4.38. The molecular weight excluding hydrogens is 379 g/mol. The van der Waals surface area contributed by atoms with Gasteiger partial charge in [-0.05, 0) is 18.1 Å². The number of benzene rings is 1. The van der Waals surface area contributed by atoms with Crippen LogP contribution in [-0.2, 0) is 14.9 Å². The van der Waals surface area contributed by atoms with Crippen LogP contribution in [0.25, 0.3) is 0 Å². The van der Waals surface area contributed by atoms with Crippen LogP contribution in [-0.4, -0.2) is 37.6 Å². The second kappa shape index (κ2) is 9.06. The minimum Gasteiger partial charge on any atom is -0.382 e. The first-order valence-electron chi connectivity index (χ1n) is 6.14. The van der Waals surface area contributed by atoms with Crippen LogP contribution in [0.3, 0.4) is 0 Å². The van der Waals surface area contributed by atoms with Crippen molar-refractivity contribution >= 4 is 31.9 Å². The van der Waals surface area contributed by atoms with Gasteiger partial charge in [0.1, 0.15) is 5.82 Å². The summed E-state index contributed by atoms with van der Waals surface area (Å²) in [5.41, 5.74) is 0.428. The molecule has 0 aliphatic carbocycles. The summed E-state index contributed by atoms with van der Waals surface area (Å²) in [4.78, 5) is 0. The summed E-state index contributed by atoms with van der Waals surface area (Å²) in [6.45, 7) is 1.72. The molecule has 0 aliphatic heterocycles. The highest BCUT2D eigenvalue weighted by atomic mass is 79.9. The molecule has 0 aromatic heterocycles. The van der Waals surface area contributed by atoms with Gasteiger partial charge in [-0.2, -0.15) is 0 Å². The summed E-state index contributed by atoms with van der Waals surface area (Å²) in [6, 6.07) is 6.92. The molecule has 1 rings (SSSR count). The number of methoxy groups -OCH3 is 1. The maximum atomic E-state index is 14.0. The van der Waals surface area contributed by atoms with E-state index in [0.29, 0.717) is 30.5 Å². The van der Waals surface area contributed by atoms with Crippen LogP contribution >= 0.6 is 31.9 Å². The Morgan fingerprint density at radius 1 is 1.11 bits per heavy atom. The highest BCUT2D eigenvalue weighted by Gasteiger charge is 2.32. The van der Waals surface area contributed by atoms with Gasteiger partial charge in [0.15, 0.2) is 0 Å². The summed E-state index contributed by atoms with van der Waals surface area (Å²) in [5.74, 6) is -0.168. The maximum absolute atomic E-state index is 14.0. The molecule has 19 heavy (non-hydrogen) atoms. The predicted octanol–water partition coefficient (Wildman–Crippen LogP) is 3.91. The van der Waals surface area contributed by atoms with Gasteiger partial charge >= 0.3 is 0 Å². The van der Waals surface area contributed by atoms with Crippen molar-refractivity contribution in [3.63, 3.8) is 0 Å². The van der Waals surface area contributed by atoms with Crippen LogP contribution < -0.4 is 0 Å². The van der Waals surface area contributed by atoms with Gasteiger partial charge in [-0.3, -0.25) is 0 Å². The fourth-order valence-electron chi connectivity index (χ4n) is 1.85. The lowest BCUT2D eigenvalue weighted by atomic mass is 9.81. The molecule has 0 atom stereocenters. The van der Waals surface area contributed by atoms with E-state index in [0.717, 1.165) is 12.0 Å². The summed E-state index contributed by atoms with van der Waals surface area (Å²) < 4.78 is 24.4. The molecule has 0 aliphatic rings. The molecule has 0 saturated carbocycles. The summed E-state index contributed by atoms with van der Waals surface area (Å²) in [7, 11) is 1.64. The van der Waals surface area contributed by atoms with E-state index >= 15 is 0 Å². The van der Waals surface area contributed by atoms with Crippen molar-refractivity contribution in [3.8, 4) is 0 Å². The van der Waals surface area contributed by atoms with Crippen molar-refractivity contribution in [1.82, 2.24) is 0 Å². The highest BCUT2D eigenvalue weighted by molar-refractivity contribution is 9.09. The third-order valence-corrected chi connectivity index (χ3v) is 5.26. The van der Waals surface area contributed by atoms with Gasteiger partial charge in [-0.1, -0.05) is 50.1 Å². The first-order chi connectivity index (χ1) is 9.20. The summed E-state index contributed by atoms with van der Waals surface area (Å²) >= 11 is 7.02. The Hall–Kier alpha value is 0.0300. The molecule has 108 valence electrons. The topological polar surface area (TPSA) is 18.5 Å². The number of ether oxygens (including phenoxy) is 2. The first kappa shape index (κ1) is 17.1. The lowest BCUT2D eigenvalue weighted by Crippen LogP contribution is -2.33. The summed E-state index contributed by atoms with van der Waals surface area (Å²) in [5, 5.41) is 1.36. The van der Waals surface area contributed by atoms with E-state index in [2.05, 4.69) is 31.9 Å². The predicted molar refractivity (Wildman–Crippen MR) is 83.0 cm³/mol. The Morgan fingerprint density at radius 2 is 1.79 bits per heavy atom. The highest BCUT2D eigenvalue weighted by Crippen LogP contribution is 2.34. The quantitative estimate of drug-likeness (QED) is 0.464. The van der Waals surface area contributed by atoms with E-state index < -0.39 is 0 Å². The smallest absolute Gasteiger partial charge is 0.127 e. The molecular formula is C14H19Br2FO2. The minimum atomic E-state index is -0.293. The van der Waals surface area contributed by atoms with Gasteiger partial charge in [0.2, 0.25) is 0 Å². The molecule has 0 radical (unpaired) electrons. The number of rotatable bonds is 9. The lowest BCUT2D eigenvalue weighted by molar-refractivity contribution is 0.0633. The van der Waals surface area contributed by atoms with Crippen LogP contribution in [0.5, 0.6) is 0 Å². The largest absolute Gasteiger partial charge is 0.382 e. The Morgan fingerprint density at radius 3 is 2.37 bits per heavy atom. The van der Waals surface area contributed by atoms with Crippen LogP contribution in [0, 0.1) is 5.82 Å². The zero-order valence-corrected chi connectivity index (χ0v) is 14.2. The normalized spacial score (nSPS) is 11.8. The molecule has 2 nitrogen and oxygen atoms in total. The fraction of sp³-hybridized carbons (Fsp3) is 0.571. The summed E-state index contributed by atoms with van der Waals surface area (Å²) in [6.07, 6.45) is 0.744. The Balaban J connectivity index is 2.71. The molecule has 0 bridgehead atoms. The first-order valence-corrected chi connectivity index (χ1v) is 8.38. The zero-order valence-electron chi connectivity index (χ0n) is 11.0. The SMILES string of the molecule is COCCOCCC(CBr)(CBr)c1ccccc1F. The van der Waals surface area contributed by atoms with Crippen molar-refractivity contribution in [2.24, 2.45) is 0 Å². The van der Waals surface area contributed by atoms with Crippen molar-refractivity contribution < 1.29 is 13.9 Å². The van der Waals surface area contributed by atoms with Crippen LogP contribution in [0.2, 0.25) is 0 Å². The van der Waals surface area contributed by atoms with E-state index in [4.69, 9.17) is 9.47 Å². The van der Waals surface area contributed by atoms with Gasteiger partial charge in [0.25, 0.3) is 0 Å². The van der Waals surface area contributed by atoms with Gasteiger partial charge in [-0.15, -0.1) is 0 Å². The third kappa shape index (κ3) is 4.81. The molecule has 0 saturated heterocycles. The van der Waals surface area contributed by atoms with E-state index in [-0.39, 0.29) is 11.2 Å². The molecule has 0 unspecified atom stereocenters. The zero-order chi connectivity index (χ0) is 14.1. The van der Waals surface area contributed by atoms with E-state index in [1.54, 1.807) is 13.2 Å². The van der Waals surface area contributed by atoms with Crippen molar-refractivity contribution in [3.05, 3.63) is 35.6 Å². The molecule has 0 amide bonds. The number of alkyl halides is 2. The Bertz CT molecular complexity index is 370. The molecule has 0 fully saturated rings. The van der Waals surface area contributed by atoms with E-state index in [1.165, 1.54) is 6.07 Å². The molecule has 5 heteroatoms. The molecule has 0 N–H and O–H groups in total. The molecule has 1 aromatic carbocycles. The monoisotopic (exact) mass is 396 g/mol. The van der Waals surface area contributed by atoms with Crippen LogP contribution in [0.4, 0.5) is 4.39 Å². The van der Waals surface area contributed by atoms with Gasteiger partial charge < -0.3 is 9.47 Å². The third-order valence-electron chi connectivity index (χ3n) is 3.11. The standard InChI is InChI=1S/C14H19Br2FO2/c1-18-8-9-19-7-6-14(10-15,11-16)12-4-2-3-5-13(12)17/h2-5H,6-11H2,1H3. The second-order valence-corrected chi connectivity index (χ2v) is 5.50. The Kier molecular flexibility index (Phi) is 8.14. The minimum absolute atomic E-state index is 0.168. The number of hydrogen-bond donors (Lipinski definition) is 0. The number of hydrogen-bond acceptors (Lipinski definition) is 2. The van der Waals surface area contributed by atoms with E-state index in [1.807, 2.05) is 12.1 Å². The van der Waals surface area contributed by atoms with Crippen molar-refractivity contribution in [1.29, 1.82) is 0 Å². The van der Waals surface area contributed by atoms with Gasteiger partial charge in [0, 0.05) is 29.8 Å². The molecule has 1 aromatic rings. The van der Waals surface area contributed by atoms with Gasteiger partial charge in [0.05, 0.1) is 13.2 Å². The fourth-order valence-corrected chi connectivity index (χ4v) is 3.94. The van der Waals surface area contributed by atoms with Crippen LogP contribution in [0.1, 0.15) is 12.0 Å².